The highest BCUT2D eigenvalue weighted by Gasteiger charge is 2.21. The minimum atomic E-state index is -4.64. The van der Waals surface area contributed by atoms with Crippen LogP contribution in [0.25, 0.3) is 0 Å². The third kappa shape index (κ3) is 6.83. The van der Waals surface area contributed by atoms with Crippen molar-refractivity contribution in [3.8, 4) is 0 Å². The minimum absolute atomic E-state index is 0.581. The van der Waals surface area contributed by atoms with Gasteiger partial charge in [0.2, 0.25) is 0 Å². The van der Waals surface area contributed by atoms with Gasteiger partial charge in [0.05, 0.1) is 0 Å². The molecular weight excluding hydrogens is 295 g/mol. The van der Waals surface area contributed by atoms with Gasteiger partial charge in [-0.05, 0) is 11.1 Å². The van der Waals surface area contributed by atoms with Crippen LogP contribution >= 0.6 is 7.82 Å². The van der Waals surface area contributed by atoms with Gasteiger partial charge >= 0.3 is 13.8 Å². The first-order valence-electron chi connectivity index (χ1n) is 5.90. The predicted molar refractivity (Wildman–Crippen MR) is 76.6 cm³/mol. The zero-order valence-electron chi connectivity index (χ0n) is 10.9. The molecule has 21 heavy (non-hydrogen) atoms. The van der Waals surface area contributed by atoms with E-state index in [0.29, 0.717) is 0 Å². The third-order valence-electron chi connectivity index (χ3n) is 2.51. The summed E-state index contributed by atoms with van der Waals surface area (Å²) in [4.78, 5) is 32.9. The molecule has 6 nitrogen and oxygen atoms in total. The Kier molecular flexibility index (Phi) is 6.27. The van der Waals surface area contributed by atoms with Gasteiger partial charge < -0.3 is 19.8 Å². The molecule has 0 saturated carbocycles. The van der Waals surface area contributed by atoms with Gasteiger partial charge in [0, 0.05) is 0 Å². The van der Waals surface area contributed by atoms with Crippen LogP contribution < -0.4 is 0 Å². The molecule has 0 saturated heterocycles. The number of carboxylic acids is 1. The molecule has 0 bridgehead atoms. The standard InChI is InChI=1S/C14H12O2.H3O4P/c15-14(16)13(11-7-3-1-4-8-11)12-9-5-2-6-10-12;1-5(2,3)4/h1-10,13H,(H,15,16);(H3,1,2,3,4). The van der Waals surface area contributed by atoms with E-state index < -0.39 is 19.7 Å². The maximum absolute atomic E-state index is 11.3. The quantitative estimate of drug-likeness (QED) is 0.644. The Labute approximate surface area is 121 Å². The lowest BCUT2D eigenvalue weighted by Crippen LogP contribution is -2.12. The average molecular weight is 310 g/mol. The summed E-state index contributed by atoms with van der Waals surface area (Å²) in [6.07, 6.45) is 0. The number of hydrogen-bond acceptors (Lipinski definition) is 2. The summed E-state index contributed by atoms with van der Waals surface area (Å²) in [5.41, 5.74) is 1.61. The first kappa shape index (κ1) is 17.1. The van der Waals surface area contributed by atoms with Gasteiger partial charge in [-0.15, -0.1) is 0 Å². The van der Waals surface area contributed by atoms with Crippen LogP contribution in [0.5, 0.6) is 0 Å². The van der Waals surface area contributed by atoms with Crippen LogP contribution in [0, 0.1) is 0 Å². The largest absolute Gasteiger partial charge is 0.481 e. The monoisotopic (exact) mass is 310 g/mol. The van der Waals surface area contributed by atoms with E-state index in [2.05, 4.69) is 0 Å². The zero-order chi connectivity index (χ0) is 15.9. The molecule has 0 aliphatic rings. The highest BCUT2D eigenvalue weighted by Crippen LogP contribution is 2.26. The normalized spacial score (nSPS) is 10.7. The number of hydrogen-bond donors (Lipinski definition) is 4. The molecule has 112 valence electrons. The summed E-state index contributed by atoms with van der Waals surface area (Å²) in [7, 11) is -4.64. The second-order valence-corrected chi connectivity index (χ2v) is 5.13. The van der Waals surface area contributed by atoms with Gasteiger partial charge in [0.25, 0.3) is 0 Å². The van der Waals surface area contributed by atoms with Crippen molar-refractivity contribution in [2.75, 3.05) is 0 Å². The van der Waals surface area contributed by atoms with Crippen LogP contribution in [-0.4, -0.2) is 25.8 Å². The highest BCUT2D eigenvalue weighted by molar-refractivity contribution is 7.45. The molecular formula is C14H15O6P. The Hall–Kier alpha value is -1.98. The molecule has 0 aliphatic carbocycles. The van der Waals surface area contributed by atoms with Crippen molar-refractivity contribution in [2.45, 2.75) is 5.92 Å². The fraction of sp³-hybridized carbons (Fsp3) is 0.0714. The molecule has 0 heterocycles. The van der Waals surface area contributed by atoms with Crippen LogP contribution in [0.15, 0.2) is 60.7 Å². The van der Waals surface area contributed by atoms with Crippen molar-refractivity contribution >= 4 is 13.8 Å². The molecule has 2 aromatic carbocycles. The summed E-state index contributed by atoms with van der Waals surface area (Å²) >= 11 is 0. The summed E-state index contributed by atoms with van der Waals surface area (Å²) in [6.45, 7) is 0. The van der Waals surface area contributed by atoms with Gasteiger partial charge in [0.1, 0.15) is 5.92 Å². The van der Waals surface area contributed by atoms with E-state index in [9.17, 15) is 9.90 Å². The molecule has 0 amide bonds. The van der Waals surface area contributed by atoms with E-state index in [1.165, 1.54) is 0 Å². The zero-order valence-corrected chi connectivity index (χ0v) is 11.8. The minimum Gasteiger partial charge on any atom is -0.481 e. The Morgan fingerprint density at radius 3 is 1.33 bits per heavy atom. The molecule has 0 spiro atoms. The molecule has 0 fully saturated rings. The van der Waals surface area contributed by atoms with Crippen LogP contribution in [0.2, 0.25) is 0 Å². The van der Waals surface area contributed by atoms with Crippen LogP contribution in [0.4, 0.5) is 0 Å². The Balaban J connectivity index is 0.000000383. The summed E-state index contributed by atoms with van der Waals surface area (Å²) in [5, 5.41) is 9.28. The number of benzene rings is 2. The van der Waals surface area contributed by atoms with E-state index in [1.807, 2.05) is 60.7 Å². The molecule has 0 aliphatic heterocycles. The van der Waals surface area contributed by atoms with E-state index in [0.717, 1.165) is 11.1 Å². The number of rotatable bonds is 3. The fourth-order valence-corrected chi connectivity index (χ4v) is 1.77. The van der Waals surface area contributed by atoms with Crippen molar-refractivity contribution in [1.82, 2.24) is 0 Å². The molecule has 0 atom stereocenters. The van der Waals surface area contributed by atoms with E-state index >= 15 is 0 Å². The number of carbonyl (C=O) groups is 1. The van der Waals surface area contributed by atoms with Crippen molar-refractivity contribution in [3.05, 3.63) is 71.8 Å². The fourth-order valence-electron chi connectivity index (χ4n) is 1.77. The van der Waals surface area contributed by atoms with Crippen LogP contribution in [-0.2, 0) is 9.36 Å². The molecule has 2 aromatic rings. The Bertz CT molecular complexity index is 560. The van der Waals surface area contributed by atoms with E-state index in [-0.39, 0.29) is 0 Å². The smallest absolute Gasteiger partial charge is 0.466 e. The lowest BCUT2D eigenvalue weighted by Gasteiger charge is -2.12. The van der Waals surface area contributed by atoms with Gasteiger partial charge in [-0.3, -0.25) is 4.79 Å². The molecule has 4 N–H and O–H groups in total. The van der Waals surface area contributed by atoms with Gasteiger partial charge in [-0.1, -0.05) is 60.7 Å². The van der Waals surface area contributed by atoms with Crippen molar-refractivity contribution < 1.29 is 29.1 Å². The number of aliphatic carboxylic acids is 1. The van der Waals surface area contributed by atoms with E-state index in [1.54, 1.807) is 0 Å². The molecule has 2 rings (SSSR count). The lowest BCUT2D eigenvalue weighted by molar-refractivity contribution is -0.137. The maximum atomic E-state index is 11.3. The second kappa shape index (κ2) is 7.71. The molecule has 0 aromatic heterocycles. The number of carboxylic acid groups (broad SMARTS) is 1. The van der Waals surface area contributed by atoms with Gasteiger partial charge in [-0.25, -0.2) is 4.57 Å². The Morgan fingerprint density at radius 2 is 1.10 bits per heavy atom. The average Bonchev–Trinajstić information content (AvgIpc) is 2.39. The maximum Gasteiger partial charge on any atom is 0.466 e. The SMILES string of the molecule is O=C(O)C(c1ccccc1)c1ccccc1.O=P(O)(O)O. The first-order valence-corrected chi connectivity index (χ1v) is 7.46. The van der Waals surface area contributed by atoms with Crippen LogP contribution in [0.3, 0.4) is 0 Å². The van der Waals surface area contributed by atoms with Gasteiger partial charge in [-0.2, -0.15) is 0 Å². The highest BCUT2D eigenvalue weighted by atomic mass is 31.2. The van der Waals surface area contributed by atoms with Crippen molar-refractivity contribution in [2.24, 2.45) is 0 Å². The first-order chi connectivity index (χ1) is 9.79. The summed E-state index contributed by atoms with van der Waals surface area (Å²) < 4.78 is 8.88. The molecule has 0 unspecified atom stereocenters. The van der Waals surface area contributed by atoms with Crippen molar-refractivity contribution in [1.29, 1.82) is 0 Å². The summed E-state index contributed by atoms with van der Waals surface area (Å²) in [6, 6.07) is 18.5. The second-order valence-electron chi connectivity index (χ2n) is 4.11. The van der Waals surface area contributed by atoms with Crippen molar-refractivity contribution in [3.63, 3.8) is 0 Å². The molecule has 0 radical (unpaired) electrons. The third-order valence-corrected chi connectivity index (χ3v) is 2.51. The van der Waals surface area contributed by atoms with Crippen LogP contribution in [0.1, 0.15) is 17.0 Å². The Morgan fingerprint density at radius 1 is 0.810 bits per heavy atom. The topological polar surface area (TPSA) is 115 Å². The lowest BCUT2D eigenvalue weighted by atomic mass is 9.92. The predicted octanol–water partition coefficient (Wildman–Crippen LogP) is 1.97. The molecule has 7 heteroatoms. The van der Waals surface area contributed by atoms with E-state index in [4.69, 9.17) is 19.2 Å². The number of phosphoric acid groups is 1. The van der Waals surface area contributed by atoms with Gasteiger partial charge in [0.15, 0.2) is 0 Å². The summed E-state index contributed by atoms with van der Waals surface area (Å²) in [5.74, 6) is -1.40.